The Labute approximate surface area is 153 Å². The average molecular weight is 344 g/mol. The van der Waals surface area contributed by atoms with Crippen molar-refractivity contribution in [2.24, 2.45) is 0 Å². The van der Waals surface area contributed by atoms with E-state index in [2.05, 4.69) is 0 Å². The van der Waals surface area contributed by atoms with Crippen molar-refractivity contribution in [2.45, 2.75) is 6.10 Å². The van der Waals surface area contributed by atoms with Crippen LogP contribution in [-0.4, -0.2) is 99.5 Å². The number of carbonyl (C=O) groups excluding carboxylic acids is 1. The molecule has 0 amide bonds. The monoisotopic (exact) mass is 344 g/mol. The molecule has 0 heterocycles. The van der Waals surface area contributed by atoms with Gasteiger partial charge in [0.2, 0.25) is 0 Å². The molecule has 0 aliphatic rings. The molecule has 12 heteroatoms. The van der Waals surface area contributed by atoms with Crippen LogP contribution in [0, 0.1) is 0 Å². The van der Waals surface area contributed by atoms with Crippen molar-refractivity contribution in [3.05, 3.63) is 0 Å². The van der Waals surface area contributed by atoms with E-state index in [-0.39, 0.29) is 36.1 Å². The molecule has 0 saturated heterocycles. The summed E-state index contributed by atoms with van der Waals surface area (Å²) in [6.07, 6.45) is -1.34. The fourth-order valence-electron chi connectivity index (χ4n) is 1.78. The van der Waals surface area contributed by atoms with Crippen LogP contribution in [0.3, 0.4) is 0 Å². The van der Waals surface area contributed by atoms with Crippen molar-refractivity contribution in [1.29, 1.82) is 0 Å². The molecule has 0 rings (SSSR count). The van der Waals surface area contributed by atoms with E-state index < -0.39 is 62.7 Å². The first-order valence-corrected chi connectivity index (χ1v) is 6.08. The van der Waals surface area contributed by atoms with Crippen LogP contribution >= 0.6 is 0 Å². The summed E-state index contributed by atoms with van der Waals surface area (Å²) in [7, 11) is 0. The van der Waals surface area contributed by atoms with Gasteiger partial charge in [-0.1, -0.05) is 0 Å². The Morgan fingerprint density at radius 3 is 1.35 bits per heavy atom. The number of carboxylic acid groups (broad SMARTS) is 4. The summed E-state index contributed by atoms with van der Waals surface area (Å²) < 4.78 is 0. The van der Waals surface area contributed by atoms with E-state index >= 15 is 0 Å². The van der Waals surface area contributed by atoms with Crippen LogP contribution in [0.2, 0.25) is 0 Å². The van der Waals surface area contributed by atoms with Crippen LogP contribution in [0.25, 0.3) is 0 Å². The van der Waals surface area contributed by atoms with Crippen LogP contribution in [0.5, 0.6) is 0 Å². The first-order valence-electron chi connectivity index (χ1n) is 6.08. The number of rotatable bonds is 12. The molecule has 1 unspecified atom stereocenters. The van der Waals surface area contributed by atoms with Gasteiger partial charge in [-0.25, -0.2) is 0 Å². The summed E-state index contributed by atoms with van der Waals surface area (Å²) in [6.45, 7) is -3.44. The van der Waals surface area contributed by atoms with Gasteiger partial charge < -0.3 is 30.3 Å². The Bertz CT molecular complexity index is 362. The minimum atomic E-state index is -1.54. The third-order valence-corrected chi connectivity index (χ3v) is 2.37. The van der Waals surface area contributed by atoms with Gasteiger partial charge in [-0.2, -0.15) is 0 Å². The second-order valence-electron chi connectivity index (χ2n) is 4.55. The molecule has 0 saturated carbocycles. The largest absolute Gasteiger partial charge is 1.00 e. The van der Waals surface area contributed by atoms with Gasteiger partial charge in [-0.05, 0) is 0 Å². The van der Waals surface area contributed by atoms with Gasteiger partial charge in [0.25, 0.3) is 0 Å². The van der Waals surface area contributed by atoms with E-state index in [1.165, 1.54) is 0 Å². The zero-order valence-electron chi connectivity index (χ0n) is 12.5. The fourth-order valence-corrected chi connectivity index (χ4v) is 1.78. The van der Waals surface area contributed by atoms with E-state index in [1.54, 1.807) is 0 Å². The number of carbonyl (C=O) groups is 4. The number of nitrogens with zero attached hydrogens (tertiary/aromatic N) is 2. The maximum Gasteiger partial charge on any atom is 1.00 e. The van der Waals surface area contributed by atoms with Crippen molar-refractivity contribution in [1.82, 2.24) is 9.80 Å². The van der Waals surface area contributed by atoms with E-state index in [4.69, 9.17) is 15.3 Å². The van der Waals surface area contributed by atoms with Gasteiger partial charge in [0.05, 0.1) is 31.7 Å². The number of hydrogen-bond donors (Lipinski definition) is 4. The molecule has 0 radical (unpaired) electrons. The molecule has 0 bridgehead atoms. The Kier molecular flexibility index (Phi) is 12.8. The van der Waals surface area contributed by atoms with E-state index in [1.807, 2.05) is 0 Å². The Morgan fingerprint density at radius 1 is 0.783 bits per heavy atom. The quantitative estimate of drug-likeness (QED) is 0.247. The Balaban J connectivity index is 0. The molecule has 126 valence electrons. The number of carboxylic acids is 4. The molecule has 11 nitrogen and oxygen atoms in total. The van der Waals surface area contributed by atoms with Crippen molar-refractivity contribution >= 4 is 23.9 Å². The van der Waals surface area contributed by atoms with E-state index in [0.717, 1.165) is 9.80 Å². The van der Waals surface area contributed by atoms with Gasteiger partial charge in [-0.15, -0.1) is 0 Å². The minimum absolute atomic E-state index is 0. The molecule has 0 aliphatic heterocycles. The number of hydrogen-bond acceptors (Lipinski definition) is 8. The van der Waals surface area contributed by atoms with Crippen molar-refractivity contribution in [3.63, 3.8) is 0 Å². The normalized spacial score (nSPS) is 11.8. The summed E-state index contributed by atoms with van der Waals surface area (Å²) in [6, 6.07) is 0. The number of aliphatic hydroxyl groups is 1. The Morgan fingerprint density at radius 2 is 1.09 bits per heavy atom. The molecule has 0 aromatic heterocycles. The van der Waals surface area contributed by atoms with Crippen molar-refractivity contribution in [2.75, 3.05) is 39.3 Å². The predicted molar refractivity (Wildman–Crippen MR) is 66.8 cm³/mol. The van der Waals surface area contributed by atoms with Crippen molar-refractivity contribution in [3.8, 4) is 0 Å². The Hall–Kier alpha value is -1.24. The summed E-state index contributed by atoms with van der Waals surface area (Å²) >= 11 is 0. The van der Waals surface area contributed by atoms with Gasteiger partial charge >= 0.3 is 47.5 Å². The van der Waals surface area contributed by atoms with Crippen LogP contribution in [0.4, 0.5) is 0 Å². The van der Waals surface area contributed by atoms with Gasteiger partial charge in [0, 0.05) is 19.6 Å². The summed E-state index contributed by atoms with van der Waals surface area (Å²) in [5.74, 6) is -5.46. The maximum absolute atomic E-state index is 10.6. The molecule has 23 heavy (non-hydrogen) atoms. The molecule has 1 atom stereocenters. The van der Waals surface area contributed by atoms with Gasteiger partial charge in [0.1, 0.15) is 0 Å². The first kappa shape index (κ1) is 24.0. The SMILES string of the molecule is O=C([O-])CN(CC(=O)O)CC(O)CN(CC(=O)O)CC(=O)O.[Na+]. The number of aliphatic hydroxyl groups excluding tert-OH is 1. The second kappa shape index (κ2) is 12.2. The molecule has 0 fully saturated rings. The van der Waals surface area contributed by atoms with E-state index in [0.29, 0.717) is 0 Å². The van der Waals surface area contributed by atoms with Gasteiger partial charge in [-0.3, -0.25) is 24.2 Å². The second-order valence-corrected chi connectivity index (χ2v) is 4.55. The molecular formula is C11H17N2NaO9. The van der Waals surface area contributed by atoms with Gasteiger partial charge in [0.15, 0.2) is 0 Å². The minimum Gasteiger partial charge on any atom is -0.549 e. The molecular weight excluding hydrogens is 327 g/mol. The summed E-state index contributed by atoms with van der Waals surface area (Å²) in [4.78, 5) is 44.1. The summed E-state index contributed by atoms with van der Waals surface area (Å²) in [5.41, 5.74) is 0. The van der Waals surface area contributed by atoms with Crippen molar-refractivity contribution < 1.29 is 74.3 Å². The fraction of sp³-hybridized carbons (Fsp3) is 0.636. The summed E-state index contributed by atoms with van der Waals surface area (Å²) in [5, 5.41) is 46.2. The van der Waals surface area contributed by atoms with E-state index in [9.17, 15) is 29.4 Å². The molecule has 0 aromatic rings. The first-order chi connectivity index (χ1) is 10.1. The number of aliphatic carboxylic acids is 4. The van der Waals surface area contributed by atoms with Crippen LogP contribution in [0.1, 0.15) is 0 Å². The standard InChI is InChI=1S/C11H18N2O9.Na/c14-7(1-12(3-8(15)16)4-9(17)18)2-13(5-10(19)20)6-11(21)22;/h7,14H,1-6H2,(H,15,16)(H,17,18)(H,19,20)(H,21,22);/q;+1/p-1. The zero-order chi connectivity index (χ0) is 17.3. The zero-order valence-corrected chi connectivity index (χ0v) is 14.5. The molecule has 0 aliphatic carbocycles. The predicted octanol–water partition coefficient (Wildman–Crippen LogP) is -7.04. The van der Waals surface area contributed by atoms with Crippen LogP contribution < -0.4 is 34.7 Å². The van der Waals surface area contributed by atoms with Crippen LogP contribution in [-0.2, 0) is 19.2 Å². The smallest absolute Gasteiger partial charge is 0.549 e. The molecule has 0 aromatic carbocycles. The third kappa shape index (κ3) is 14.1. The third-order valence-electron chi connectivity index (χ3n) is 2.37. The topological polar surface area (TPSA) is 179 Å². The maximum atomic E-state index is 10.6. The molecule has 4 N–H and O–H groups in total. The average Bonchev–Trinajstić information content (AvgIpc) is 2.23. The van der Waals surface area contributed by atoms with Crippen LogP contribution in [0.15, 0.2) is 0 Å². The molecule has 0 spiro atoms.